The molecule has 0 unspecified atom stereocenters. The molecule has 498 valence electrons. The maximum Gasteiger partial charge on any atom is 0.326 e. The van der Waals surface area contributed by atoms with Crippen LogP contribution in [0.1, 0.15) is 75.1 Å². The molecule has 2 aromatic rings. The highest BCUT2D eigenvalue weighted by atomic mass is 16.5. The summed E-state index contributed by atoms with van der Waals surface area (Å²) < 4.78 is 22.2. The van der Waals surface area contributed by atoms with Gasteiger partial charge in [-0.05, 0) is 69.6 Å². The van der Waals surface area contributed by atoms with E-state index in [-0.39, 0.29) is 181 Å². The van der Waals surface area contributed by atoms with Crippen molar-refractivity contribution in [3.63, 3.8) is 0 Å². The molecule has 4 rings (SSSR count). The van der Waals surface area contributed by atoms with Crippen LogP contribution < -0.4 is 36.6 Å². The van der Waals surface area contributed by atoms with Crippen molar-refractivity contribution in [2.75, 3.05) is 158 Å². The van der Waals surface area contributed by atoms with Crippen LogP contribution in [0.15, 0.2) is 30.5 Å². The van der Waals surface area contributed by atoms with Gasteiger partial charge in [0.15, 0.2) is 6.61 Å². The fourth-order valence-electron chi connectivity index (χ4n) is 9.69. The van der Waals surface area contributed by atoms with Crippen molar-refractivity contribution in [1.82, 2.24) is 61.4 Å². The van der Waals surface area contributed by atoms with Crippen LogP contribution in [0.25, 0.3) is 10.9 Å². The number of hydrogen-bond donors (Lipinski definition) is 10. The molecule has 7 amide bonds. The summed E-state index contributed by atoms with van der Waals surface area (Å²) in [4.78, 5) is 149. The molecule has 32 nitrogen and oxygen atoms in total. The number of benzene rings is 1. The molecule has 0 bridgehead atoms. The number of carbonyl (C=O) groups is 11. The van der Waals surface area contributed by atoms with Crippen LogP contribution in [0.3, 0.4) is 0 Å². The lowest BCUT2D eigenvalue weighted by Crippen LogP contribution is -2.51. The Morgan fingerprint density at radius 1 is 0.611 bits per heavy atom. The lowest BCUT2D eigenvalue weighted by molar-refractivity contribution is -0.142. The molecule has 3 atom stereocenters. The first-order chi connectivity index (χ1) is 43.2. The fourth-order valence-corrected chi connectivity index (χ4v) is 9.69. The summed E-state index contributed by atoms with van der Waals surface area (Å²) in [5.41, 5.74) is 0.727. The molecule has 2 fully saturated rings. The fraction of sp³-hybridized carbons (Fsp3) is 0.638. The van der Waals surface area contributed by atoms with E-state index >= 15 is 0 Å². The summed E-state index contributed by atoms with van der Waals surface area (Å²) in [6, 6.07) is 5.52. The number of fused-ring (bicyclic) bond motifs is 1. The zero-order valence-corrected chi connectivity index (χ0v) is 51.0. The van der Waals surface area contributed by atoms with Crippen LogP contribution in [0, 0.1) is 11.3 Å². The number of nitriles is 1. The summed E-state index contributed by atoms with van der Waals surface area (Å²) in [5, 5.41) is 64.2. The van der Waals surface area contributed by atoms with E-state index in [9.17, 15) is 78.4 Å². The summed E-state index contributed by atoms with van der Waals surface area (Å²) >= 11 is 0. The predicted molar refractivity (Wildman–Crippen MR) is 320 cm³/mol. The summed E-state index contributed by atoms with van der Waals surface area (Å²) in [6.45, 7) is 3.56. The average molecular weight is 1270 g/mol. The first-order valence-electron chi connectivity index (χ1n) is 30.1. The van der Waals surface area contributed by atoms with Crippen molar-refractivity contribution < 1.29 is 92.1 Å². The largest absolute Gasteiger partial charge is 0.484 e. The van der Waals surface area contributed by atoms with Crippen LogP contribution in [0.2, 0.25) is 0 Å². The molecule has 0 aliphatic carbocycles. The number of aliphatic carboxylic acids is 4. The Bertz CT molecular complexity index is 2700. The molecule has 10 N–H and O–H groups in total. The third-order valence-electron chi connectivity index (χ3n) is 14.4. The second kappa shape index (κ2) is 41.9. The molecular formula is C58H87N13O19. The van der Waals surface area contributed by atoms with Gasteiger partial charge in [0, 0.05) is 110 Å². The molecule has 1 aromatic carbocycles. The van der Waals surface area contributed by atoms with Crippen LogP contribution in [-0.2, 0) is 62.2 Å². The van der Waals surface area contributed by atoms with Gasteiger partial charge in [-0.15, -0.1) is 0 Å². The van der Waals surface area contributed by atoms with Gasteiger partial charge in [-0.2, -0.15) is 5.26 Å². The number of pyridine rings is 1. The lowest BCUT2D eigenvalue weighted by atomic mass is 10.1. The Hall–Kier alpha value is -8.19. The monoisotopic (exact) mass is 1270 g/mol. The van der Waals surface area contributed by atoms with Gasteiger partial charge in [0.25, 0.3) is 11.8 Å². The number of unbranched alkanes of at least 4 members (excludes halogenated alkanes) is 2. The third-order valence-corrected chi connectivity index (χ3v) is 14.4. The minimum atomic E-state index is -1.28. The Kier molecular flexibility index (Phi) is 34.6. The molecule has 2 saturated heterocycles. The summed E-state index contributed by atoms with van der Waals surface area (Å²) in [5.74, 6) is -7.28. The summed E-state index contributed by atoms with van der Waals surface area (Å²) in [7, 11) is 0. The molecule has 1 aromatic heterocycles. The topological polar surface area (TPSA) is 431 Å². The number of carboxylic acid groups (broad SMARTS) is 4. The number of amides is 7. The Labute approximate surface area is 521 Å². The number of carbonyl (C=O) groups excluding carboxylic acids is 7. The molecule has 90 heavy (non-hydrogen) atoms. The number of hydrogen-bond acceptors (Lipinski definition) is 21. The Morgan fingerprint density at radius 3 is 1.72 bits per heavy atom. The maximum atomic E-state index is 13.6. The highest BCUT2D eigenvalue weighted by Crippen LogP contribution is 2.23. The van der Waals surface area contributed by atoms with E-state index in [2.05, 4.69) is 43.0 Å². The number of nitrogens with zero attached hydrogens (tertiary/aromatic N) is 7. The van der Waals surface area contributed by atoms with Crippen molar-refractivity contribution in [3.05, 3.63) is 36.0 Å². The number of likely N-dealkylation sites (tertiary alicyclic amines) is 1. The number of ether oxygens (including phenoxy) is 4. The molecular weight excluding hydrogens is 1180 g/mol. The first-order valence-corrected chi connectivity index (χ1v) is 30.1. The zero-order valence-electron chi connectivity index (χ0n) is 51.0. The van der Waals surface area contributed by atoms with Crippen molar-refractivity contribution in [1.29, 1.82) is 5.26 Å². The second-order valence-electron chi connectivity index (χ2n) is 21.4. The third kappa shape index (κ3) is 30.3. The van der Waals surface area contributed by atoms with Gasteiger partial charge < -0.3 is 76.2 Å². The molecule has 2 aliphatic heterocycles. The minimum absolute atomic E-state index is 0.0355. The van der Waals surface area contributed by atoms with Gasteiger partial charge in [0.2, 0.25) is 29.5 Å². The van der Waals surface area contributed by atoms with E-state index in [1.165, 1.54) is 24.1 Å². The molecule has 0 radical (unpaired) electrons. The van der Waals surface area contributed by atoms with E-state index < -0.39 is 65.6 Å². The SMILES string of the molecule is CC(=O)NCCCC[C@H](NC(=O)[C@H](CCCCNC(=O)CN1CCN(CC(=O)O)CCN(CC(=O)O)CCN(CC(=O)O)CC1)NC(=O)CCOCCOCCOCCNC(=O)COc1ccc2c(C(=O)NCC(=O)N3CCC[C@H]3C#N)ccnc2c1)C(=O)O. The van der Waals surface area contributed by atoms with Gasteiger partial charge in [0.1, 0.15) is 23.9 Å². The van der Waals surface area contributed by atoms with Gasteiger partial charge >= 0.3 is 23.9 Å². The molecule has 0 spiro atoms. The van der Waals surface area contributed by atoms with Crippen LogP contribution in [0.5, 0.6) is 5.75 Å². The van der Waals surface area contributed by atoms with E-state index in [4.69, 9.17) is 18.9 Å². The number of carboxylic acids is 4. The normalized spacial score (nSPS) is 16.0. The number of rotatable bonds is 40. The standard InChI is InChI=1S/C58H87N13O19/c1-41(72)60-14-4-3-9-47(58(85)86)66-57(84)46(8-2-5-15-62-50(74)36-67-19-21-68(37-53(77)78)23-25-70(39-55(81)82)26-24-69(22-20-67)38-54(79)80)65-49(73)13-27-87-29-31-89-32-30-88-28-17-63-51(75)40-90-43-10-11-44-45(12-16-61-48(44)33-43)56(83)64-35-52(76)71-18-6-7-42(71)34-59/h10-12,16,33,42,46-47H,2-9,13-15,17-32,35-40H2,1H3,(H,60,72)(H,62,74)(H,63,75)(H,64,83)(H,65,73)(H,66,84)(H,77,78)(H,79,80)(H,81,82)(H,85,86)/t42-,46-,47-/m0/s1. The second-order valence-corrected chi connectivity index (χ2v) is 21.4. The van der Waals surface area contributed by atoms with E-state index in [1.54, 1.807) is 37.8 Å². The number of nitrogens with one attached hydrogen (secondary N) is 6. The smallest absolute Gasteiger partial charge is 0.326 e. The highest BCUT2D eigenvalue weighted by Gasteiger charge is 2.30. The lowest BCUT2D eigenvalue weighted by Gasteiger charge is -2.32. The Balaban J connectivity index is 1.15. The molecule has 0 saturated carbocycles. The van der Waals surface area contributed by atoms with Crippen LogP contribution in [-0.4, -0.2) is 291 Å². The predicted octanol–water partition coefficient (Wildman–Crippen LogP) is -2.46. The van der Waals surface area contributed by atoms with Crippen LogP contribution in [0.4, 0.5) is 0 Å². The average Bonchev–Trinajstić information content (AvgIpc) is 2.15. The zero-order chi connectivity index (χ0) is 65.6. The molecule has 3 heterocycles. The Morgan fingerprint density at radius 2 is 1.16 bits per heavy atom. The molecule has 2 aliphatic rings. The van der Waals surface area contributed by atoms with Crippen molar-refractivity contribution in [2.24, 2.45) is 0 Å². The van der Waals surface area contributed by atoms with E-state index in [1.807, 2.05) is 0 Å². The van der Waals surface area contributed by atoms with Gasteiger partial charge in [0.05, 0.1) is 89.5 Å². The maximum absolute atomic E-state index is 13.6. The van der Waals surface area contributed by atoms with E-state index in [0.717, 1.165) is 6.42 Å². The number of aromatic nitrogens is 1. The summed E-state index contributed by atoms with van der Waals surface area (Å²) in [6.07, 6.45) is 4.26. The van der Waals surface area contributed by atoms with Crippen molar-refractivity contribution in [2.45, 2.75) is 82.8 Å². The van der Waals surface area contributed by atoms with Crippen molar-refractivity contribution >= 4 is 76.1 Å². The quantitative estimate of drug-likeness (QED) is 0.0309. The van der Waals surface area contributed by atoms with Gasteiger partial charge in [-0.25, -0.2) is 4.79 Å². The van der Waals surface area contributed by atoms with Gasteiger partial charge in [-0.1, -0.05) is 0 Å². The first kappa shape index (κ1) is 74.3. The minimum Gasteiger partial charge on any atom is -0.484 e. The van der Waals surface area contributed by atoms with Crippen LogP contribution >= 0.6 is 0 Å². The van der Waals surface area contributed by atoms with Gasteiger partial charge in [-0.3, -0.25) is 72.5 Å². The molecule has 32 heteroatoms. The van der Waals surface area contributed by atoms with Crippen molar-refractivity contribution in [3.8, 4) is 11.8 Å². The van der Waals surface area contributed by atoms with E-state index in [0.29, 0.717) is 67.4 Å². The highest BCUT2D eigenvalue weighted by molar-refractivity contribution is 6.07.